The SMILES string of the molecule is Cn1c(CC#N)nnc1C1C2CC3CC(C2)CC1C3. The molecular weight excluding hydrogens is 236 g/mol. The van der Waals surface area contributed by atoms with Crippen LogP contribution in [0.15, 0.2) is 0 Å². The molecule has 100 valence electrons. The largest absolute Gasteiger partial charge is 0.317 e. The molecule has 19 heavy (non-hydrogen) atoms. The Morgan fingerprint density at radius 2 is 1.74 bits per heavy atom. The molecule has 5 rings (SSSR count). The summed E-state index contributed by atoms with van der Waals surface area (Å²) < 4.78 is 2.09. The van der Waals surface area contributed by atoms with Crippen molar-refractivity contribution >= 4 is 0 Å². The summed E-state index contributed by atoms with van der Waals surface area (Å²) in [5.41, 5.74) is 0. The van der Waals surface area contributed by atoms with Crippen LogP contribution in [0.1, 0.15) is 49.7 Å². The van der Waals surface area contributed by atoms with Gasteiger partial charge in [0.25, 0.3) is 0 Å². The Morgan fingerprint density at radius 3 is 2.32 bits per heavy atom. The van der Waals surface area contributed by atoms with Crippen LogP contribution >= 0.6 is 0 Å². The van der Waals surface area contributed by atoms with E-state index in [0.717, 1.165) is 35.3 Å². The van der Waals surface area contributed by atoms with Crippen LogP contribution in [0.3, 0.4) is 0 Å². The summed E-state index contributed by atoms with van der Waals surface area (Å²) >= 11 is 0. The second-order valence-electron chi connectivity index (χ2n) is 6.82. The summed E-state index contributed by atoms with van der Waals surface area (Å²) in [6, 6.07) is 2.18. The van der Waals surface area contributed by atoms with E-state index in [9.17, 15) is 0 Å². The number of nitriles is 1. The molecule has 0 amide bonds. The molecule has 4 saturated carbocycles. The van der Waals surface area contributed by atoms with Crippen molar-refractivity contribution in [1.82, 2.24) is 14.8 Å². The first-order valence-corrected chi connectivity index (χ1v) is 7.51. The third-order valence-electron chi connectivity index (χ3n) is 5.76. The van der Waals surface area contributed by atoms with E-state index in [1.807, 2.05) is 7.05 Å². The van der Waals surface area contributed by atoms with Gasteiger partial charge in [0.2, 0.25) is 0 Å². The van der Waals surface area contributed by atoms with Crippen molar-refractivity contribution in [3.05, 3.63) is 11.6 Å². The Balaban J connectivity index is 1.68. The summed E-state index contributed by atoms with van der Waals surface area (Å²) in [5, 5.41) is 17.5. The highest BCUT2D eigenvalue weighted by atomic mass is 15.3. The van der Waals surface area contributed by atoms with E-state index in [2.05, 4.69) is 20.8 Å². The fraction of sp³-hybridized carbons (Fsp3) is 0.800. The lowest BCUT2D eigenvalue weighted by Crippen LogP contribution is -2.44. The Kier molecular flexibility index (Phi) is 2.45. The van der Waals surface area contributed by atoms with E-state index in [0.29, 0.717) is 12.3 Å². The quantitative estimate of drug-likeness (QED) is 0.816. The summed E-state index contributed by atoms with van der Waals surface area (Å²) in [5.74, 6) is 6.22. The minimum Gasteiger partial charge on any atom is -0.317 e. The first kappa shape index (κ1) is 11.5. The van der Waals surface area contributed by atoms with E-state index < -0.39 is 0 Å². The maximum atomic E-state index is 8.83. The van der Waals surface area contributed by atoms with Gasteiger partial charge in [-0.25, -0.2) is 0 Å². The molecule has 0 spiro atoms. The monoisotopic (exact) mass is 256 g/mol. The van der Waals surface area contributed by atoms with Crippen LogP contribution in [0.2, 0.25) is 0 Å². The molecule has 1 aromatic heterocycles. The highest BCUT2D eigenvalue weighted by Gasteiger charge is 2.50. The predicted octanol–water partition coefficient (Wildman–Crippen LogP) is 2.42. The average Bonchev–Trinajstić information content (AvgIpc) is 2.71. The van der Waals surface area contributed by atoms with Crippen molar-refractivity contribution in [3.63, 3.8) is 0 Å². The average molecular weight is 256 g/mol. The lowest BCUT2D eigenvalue weighted by Gasteiger charge is -2.53. The normalized spacial score (nSPS) is 39.5. The van der Waals surface area contributed by atoms with Crippen LogP contribution in [-0.2, 0) is 13.5 Å². The lowest BCUT2D eigenvalue weighted by molar-refractivity contribution is -0.00664. The molecule has 0 atom stereocenters. The van der Waals surface area contributed by atoms with Crippen LogP contribution < -0.4 is 0 Å². The highest BCUT2D eigenvalue weighted by molar-refractivity contribution is 5.13. The zero-order valence-corrected chi connectivity index (χ0v) is 11.4. The maximum absolute atomic E-state index is 8.83. The Hall–Kier alpha value is -1.37. The van der Waals surface area contributed by atoms with Gasteiger partial charge in [0.1, 0.15) is 11.6 Å². The van der Waals surface area contributed by atoms with Gasteiger partial charge in [-0.3, -0.25) is 0 Å². The number of rotatable bonds is 2. The van der Waals surface area contributed by atoms with Crippen molar-refractivity contribution < 1.29 is 0 Å². The van der Waals surface area contributed by atoms with Crippen molar-refractivity contribution in [1.29, 1.82) is 5.26 Å². The van der Waals surface area contributed by atoms with Gasteiger partial charge in [0.05, 0.1) is 12.5 Å². The second-order valence-corrected chi connectivity index (χ2v) is 6.82. The van der Waals surface area contributed by atoms with Gasteiger partial charge in [0.15, 0.2) is 0 Å². The van der Waals surface area contributed by atoms with Crippen LogP contribution in [0.4, 0.5) is 0 Å². The van der Waals surface area contributed by atoms with Crippen LogP contribution in [0, 0.1) is 35.0 Å². The molecule has 0 aliphatic heterocycles. The highest BCUT2D eigenvalue weighted by Crippen LogP contribution is 2.59. The predicted molar refractivity (Wildman–Crippen MR) is 70.1 cm³/mol. The summed E-state index contributed by atoms with van der Waals surface area (Å²) in [6.45, 7) is 0. The van der Waals surface area contributed by atoms with Crippen molar-refractivity contribution in [2.45, 2.75) is 44.4 Å². The molecule has 4 heteroatoms. The fourth-order valence-electron chi connectivity index (χ4n) is 5.24. The van der Waals surface area contributed by atoms with Crippen molar-refractivity contribution in [2.75, 3.05) is 0 Å². The van der Waals surface area contributed by atoms with E-state index in [-0.39, 0.29) is 0 Å². The second kappa shape index (κ2) is 4.06. The van der Waals surface area contributed by atoms with E-state index in [1.165, 1.54) is 32.1 Å². The zero-order valence-electron chi connectivity index (χ0n) is 11.4. The molecule has 4 nitrogen and oxygen atoms in total. The molecule has 4 aliphatic carbocycles. The molecule has 0 N–H and O–H groups in total. The topological polar surface area (TPSA) is 54.5 Å². The Labute approximate surface area is 113 Å². The number of nitrogens with zero attached hydrogens (tertiary/aromatic N) is 4. The molecule has 4 fully saturated rings. The van der Waals surface area contributed by atoms with Crippen LogP contribution in [-0.4, -0.2) is 14.8 Å². The molecule has 0 radical (unpaired) electrons. The Morgan fingerprint density at radius 1 is 1.11 bits per heavy atom. The smallest absolute Gasteiger partial charge is 0.146 e. The molecule has 0 unspecified atom stereocenters. The third-order valence-corrected chi connectivity index (χ3v) is 5.76. The van der Waals surface area contributed by atoms with Crippen molar-refractivity contribution in [3.8, 4) is 6.07 Å². The van der Waals surface area contributed by atoms with E-state index in [1.54, 1.807) is 0 Å². The zero-order chi connectivity index (χ0) is 13.0. The van der Waals surface area contributed by atoms with E-state index in [4.69, 9.17) is 5.26 Å². The summed E-state index contributed by atoms with van der Waals surface area (Å²) in [6.07, 6.45) is 7.46. The van der Waals surface area contributed by atoms with Gasteiger partial charge < -0.3 is 4.57 Å². The Bertz CT molecular complexity index is 511. The summed E-state index contributed by atoms with van der Waals surface area (Å²) in [7, 11) is 2.03. The number of hydrogen-bond acceptors (Lipinski definition) is 3. The first-order valence-electron chi connectivity index (χ1n) is 7.51. The molecule has 0 aromatic carbocycles. The third kappa shape index (κ3) is 1.64. The molecule has 1 aromatic rings. The van der Waals surface area contributed by atoms with Crippen molar-refractivity contribution in [2.24, 2.45) is 30.7 Å². The molecule has 4 aliphatic rings. The van der Waals surface area contributed by atoms with Crippen LogP contribution in [0.25, 0.3) is 0 Å². The minimum atomic E-state index is 0.372. The number of hydrogen-bond donors (Lipinski definition) is 0. The molecule has 1 heterocycles. The summed E-state index contributed by atoms with van der Waals surface area (Å²) in [4.78, 5) is 0. The van der Waals surface area contributed by atoms with Gasteiger partial charge in [-0.1, -0.05) is 0 Å². The fourth-order valence-corrected chi connectivity index (χ4v) is 5.24. The molecule has 4 bridgehead atoms. The van der Waals surface area contributed by atoms with Gasteiger partial charge in [-0.05, 0) is 55.8 Å². The van der Waals surface area contributed by atoms with Gasteiger partial charge in [-0.2, -0.15) is 5.26 Å². The van der Waals surface area contributed by atoms with Gasteiger partial charge in [0, 0.05) is 13.0 Å². The maximum Gasteiger partial charge on any atom is 0.146 e. The van der Waals surface area contributed by atoms with Crippen LogP contribution in [0.5, 0.6) is 0 Å². The number of aromatic nitrogens is 3. The molecule has 0 saturated heterocycles. The minimum absolute atomic E-state index is 0.372. The first-order chi connectivity index (χ1) is 9.26. The van der Waals surface area contributed by atoms with E-state index >= 15 is 0 Å². The van der Waals surface area contributed by atoms with Gasteiger partial charge >= 0.3 is 0 Å². The lowest BCUT2D eigenvalue weighted by atomic mass is 9.51. The molecular formula is C15H20N4. The standard InChI is InChI=1S/C15H20N4/c1-19-13(2-3-16)17-18-15(19)14-11-5-9-4-10(7-11)8-12(14)6-9/h9-12,14H,2,4-8H2,1H3. The van der Waals surface area contributed by atoms with Gasteiger partial charge in [-0.15, -0.1) is 10.2 Å².